The highest BCUT2D eigenvalue weighted by molar-refractivity contribution is 5.57. The largest absolute Gasteiger partial charge is 0.366 e. The summed E-state index contributed by atoms with van der Waals surface area (Å²) in [6, 6.07) is 5.49. The first-order valence-corrected chi connectivity index (χ1v) is 6.92. The molecule has 1 aromatic carbocycles. The maximum atomic E-state index is 14.2. The molecule has 0 amide bonds. The lowest BCUT2D eigenvalue weighted by Crippen LogP contribution is -2.34. The molecule has 3 heteroatoms. The molecule has 2 nitrogen and oxygen atoms in total. The molecule has 0 saturated carbocycles. The lowest BCUT2D eigenvalue weighted by atomic mass is 10.0. The third-order valence-electron chi connectivity index (χ3n) is 3.85. The molecule has 18 heavy (non-hydrogen) atoms. The van der Waals surface area contributed by atoms with Gasteiger partial charge in [-0.1, -0.05) is 25.0 Å². The first-order valence-electron chi connectivity index (χ1n) is 6.92. The number of anilines is 1. The van der Waals surface area contributed by atoms with Gasteiger partial charge in [-0.3, -0.25) is 0 Å². The van der Waals surface area contributed by atoms with Crippen molar-refractivity contribution in [2.75, 3.05) is 11.4 Å². The number of hydrogen-bond donors (Lipinski definition) is 1. The van der Waals surface area contributed by atoms with E-state index < -0.39 is 0 Å². The highest BCUT2D eigenvalue weighted by atomic mass is 19.1. The van der Waals surface area contributed by atoms with E-state index in [2.05, 4.69) is 11.8 Å². The van der Waals surface area contributed by atoms with Crippen LogP contribution in [-0.2, 0) is 0 Å². The summed E-state index contributed by atoms with van der Waals surface area (Å²) in [6.45, 7) is 5.03. The summed E-state index contributed by atoms with van der Waals surface area (Å²) in [7, 11) is 0. The van der Waals surface area contributed by atoms with Gasteiger partial charge >= 0.3 is 0 Å². The Morgan fingerprint density at radius 2 is 2.11 bits per heavy atom. The van der Waals surface area contributed by atoms with E-state index in [9.17, 15) is 4.39 Å². The Hall–Kier alpha value is -1.09. The van der Waals surface area contributed by atoms with E-state index in [0.29, 0.717) is 6.04 Å². The molecular weight excluding hydrogens is 227 g/mol. The minimum Gasteiger partial charge on any atom is -0.366 e. The Balaban J connectivity index is 2.41. The van der Waals surface area contributed by atoms with E-state index >= 15 is 0 Å². The molecule has 2 rings (SSSR count). The summed E-state index contributed by atoms with van der Waals surface area (Å²) < 4.78 is 14.2. The molecule has 1 aliphatic heterocycles. The van der Waals surface area contributed by atoms with Gasteiger partial charge in [-0.2, -0.15) is 0 Å². The summed E-state index contributed by atoms with van der Waals surface area (Å²) in [5, 5.41) is 0. The van der Waals surface area contributed by atoms with E-state index in [1.807, 2.05) is 13.0 Å². The van der Waals surface area contributed by atoms with Crippen LogP contribution in [0.4, 0.5) is 10.1 Å². The number of hydrogen-bond acceptors (Lipinski definition) is 2. The molecule has 0 bridgehead atoms. The second-order valence-corrected chi connectivity index (χ2v) is 5.36. The van der Waals surface area contributed by atoms with Crippen LogP contribution in [0, 0.1) is 5.82 Å². The van der Waals surface area contributed by atoms with Gasteiger partial charge in [0.05, 0.1) is 5.69 Å². The Labute approximate surface area is 109 Å². The predicted octanol–water partition coefficient (Wildman–Crippen LogP) is 3.61. The molecule has 1 aliphatic rings. The van der Waals surface area contributed by atoms with Gasteiger partial charge in [-0.15, -0.1) is 0 Å². The zero-order valence-corrected chi connectivity index (χ0v) is 11.3. The van der Waals surface area contributed by atoms with Crippen molar-refractivity contribution < 1.29 is 4.39 Å². The molecule has 0 spiro atoms. The lowest BCUT2D eigenvalue weighted by molar-refractivity contribution is 0.574. The van der Waals surface area contributed by atoms with Crippen LogP contribution < -0.4 is 10.6 Å². The minimum absolute atomic E-state index is 0.133. The summed E-state index contributed by atoms with van der Waals surface area (Å²) in [4.78, 5) is 2.21. The normalized spacial score (nSPS) is 22.7. The van der Waals surface area contributed by atoms with E-state index in [1.165, 1.54) is 12.8 Å². The maximum Gasteiger partial charge on any atom is 0.146 e. The van der Waals surface area contributed by atoms with Crippen molar-refractivity contribution in [3.05, 3.63) is 29.6 Å². The summed E-state index contributed by atoms with van der Waals surface area (Å²) in [5.41, 5.74) is 7.63. The van der Waals surface area contributed by atoms with Crippen LogP contribution in [-0.4, -0.2) is 12.6 Å². The van der Waals surface area contributed by atoms with Crippen molar-refractivity contribution in [1.82, 2.24) is 0 Å². The van der Waals surface area contributed by atoms with Crippen LogP contribution in [0.15, 0.2) is 18.2 Å². The maximum absolute atomic E-state index is 14.2. The monoisotopic (exact) mass is 250 g/mol. The molecule has 1 unspecified atom stereocenters. The molecule has 100 valence electrons. The van der Waals surface area contributed by atoms with Crippen LogP contribution in [0.2, 0.25) is 0 Å². The Morgan fingerprint density at radius 3 is 2.83 bits per heavy atom. The average Bonchev–Trinajstić information content (AvgIpc) is 2.54. The quantitative estimate of drug-likeness (QED) is 0.868. The molecule has 1 heterocycles. The van der Waals surface area contributed by atoms with Crippen molar-refractivity contribution >= 4 is 5.69 Å². The van der Waals surface area contributed by atoms with Crippen LogP contribution >= 0.6 is 0 Å². The van der Waals surface area contributed by atoms with Gasteiger partial charge in [0.15, 0.2) is 0 Å². The van der Waals surface area contributed by atoms with E-state index in [-0.39, 0.29) is 11.9 Å². The van der Waals surface area contributed by atoms with Crippen LogP contribution in [0.5, 0.6) is 0 Å². The van der Waals surface area contributed by atoms with Gasteiger partial charge in [0.1, 0.15) is 5.82 Å². The lowest BCUT2D eigenvalue weighted by Gasteiger charge is -2.32. The van der Waals surface area contributed by atoms with Gasteiger partial charge < -0.3 is 10.6 Å². The number of benzene rings is 1. The predicted molar refractivity (Wildman–Crippen MR) is 74.3 cm³/mol. The van der Waals surface area contributed by atoms with Crippen molar-refractivity contribution in [3.63, 3.8) is 0 Å². The van der Waals surface area contributed by atoms with Crippen LogP contribution in [0.3, 0.4) is 0 Å². The first kappa shape index (κ1) is 13.3. The van der Waals surface area contributed by atoms with Crippen molar-refractivity contribution in [2.45, 2.75) is 51.6 Å². The second-order valence-electron chi connectivity index (χ2n) is 5.36. The van der Waals surface area contributed by atoms with Crippen molar-refractivity contribution in [1.29, 1.82) is 0 Å². The first-order chi connectivity index (χ1) is 8.61. The third kappa shape index (κ3) is 2.66. The summed E-state index contributed by atoms with van der Waals surface area (Å²) in [5.74, 6) is -0.140. The fourth-order valence-corrected chi connectivity index (χ4v) is 2.81. The third-order valence-corrected chi connectivity index (χ3v) is 3.85. The molecule has 1 saturated heterocycles. The van der Waals surface area contributed by atoms with Gasteiger partial charge in [0.2, 0.25) is 0 Å². The van der Waals surface area contributed by atoms with Crippen molar-refractivity contribution in [3.8, 4) is 0 Å². The van der Waals surface area contributed by atoms with Gasteiger partial charge in [0.25, 0.3) is 0 Å². The fraction of sp³-hybridized carbons (Fsp3) is 0.600. The van der Waals surface area contributed by atoms with Crippen molar-refractivity contribution in [2.24, 2.45) is 5.73 Å². The Kier molecular flexibility index (Phi) is 4.23. The van der Waals surface area contributed by atoms with E-state index in [4.69, 9.17) is 5.73 Å². The molecule has 2 atom stereocenters. The molecule has 1 aromatic rings. The number of para-hydroxylation sites is 1. The molecular formula is C15H23FN2. The minimum atomic E-state index is -0.140. The Bertz CT molecular complexity index is 403. The topological polar surface area (TPSA) is 29.3 Å². The summed E-state index contributed by atoms with van der Waals surface area (Å²) >= 11 is 0. The average molecular weight is 250 g/mol. The molecule has 0 radical (unpaired) electrons. The molecule has 1 fully saturated rings. The second kappa shape index (κ2) is 5.70. The summed E-state index contributed by atoms with van der Waals surface area (Å²) in [6.07, 6.45) is 4.74. The number of nitrogens with zero attached hydrogens (tertiary/aromatic N) is 1. The van der Waals surface area contributed by atoms with Gasteiger partial charge in [-0.25, -0.2) is 4.39 Å². The fourth-order valence-electron chi connectivity index (χ4n) is 2.81. The number of halogens is 1. The van der Waals surface area contributed by atoms with Gasteiger partial charge in [0, 0.05) is 18.6 Å². The van der Waals surface area contributed by atoms with E-state index in [1.54, 1.807) is 12.1 Å². The molecule has 0 aliphatic carbocycles. The standard InChI is InChI=1S/C15H23FN2/c1-11-7-4-3-5-10-18(11)15-13(12(2)17)8-6-9-14(15)16/h6,8-9,11-12H,3-5,7,10,17H2,1-2H3/t11?,12-/m1/s1. The highest BCUT2D eigenvalue weighted by Gasteiger charge is 2.23. The number of nitrogens with two attached hydrogens (primary N) is 1. The molecule has 2 N–H and O–H groups in total. The zero-order chi connectivity index (χ0) is 13.1. The van der Waals surface area contributed by atoms with E-state index in [0.717, 1.165) is 30.6 Å². The van der Waals surface area contributed by atoms with Crippen LogP contribution in [0.25, 0.3) is 0 Å². The smallest absolute Gasteiger partial charge is 0.146 e. The highest BCUT2D eigenvalue weighted by Crippen LogP contribution is 2.32. The number of rotatable bonds is 2. The van der Waals surface area contributed by atoms with Gasteiger partial charge in [-0.05, 0) is 38.3 Å². The van der Waals surface area contributed by atoms with Crippen LogP contribution in [0.1, 0.15) is 51.1 Å². The Morgan fingerprint density at radius 1 is 1.33 bits per heavy atom. The molecule has 0 aromatic heterocycles. The zero-order valence-electron chi connectivity index (χ0n) is 11.3. The SMILES string of the molecule is CC1CCCCCN1c1c(F)cccc1[C@@H](C)N.